The molecule has 0 radical (unpaired) electrons. The second-order valence-corrected chi connectivity index (χ2v) is 5.36. The molecule has 0 amide bonds. The lowest BCUT2D eigenvalue weighted by atomic mass is 9.83. The Bertz CT molecular complexity index is 169. The lowest BCUT2D eigenvalue weighted by Crippen LogP contribution is -2.50. The molecule has 0 aromatic heterocycles. The summed E-state index contributed by atoms with van der Waals surface area (Å²) in [5.41, 5.74) is 6.91. The van der Waals surface area contributed by atoms with E-state index in [0.29, 0.717) is 16.6 Å². The normalized spacial score (nSPS) is 43.7. The summed E-state index contributed by atoms with van der Waals surface area (Å²) in [5, 5.41) is 3.79. The van der Waals surface area contributed by atoms with Crippen molar-refractivity contribution >= 4 is 11.8 Å². The van der Waals surface area contributed by atoms with E-state index in [1.165, 1.54) is 0 Å². The Balaban J connectivity index is 2.60. The van der Waals surface area contributed by atoms with Gasteiger partial charge in [-0.1, -0.05) is 20.8 Å². The third kappa shape index (κ3) is 1.19. The average Bonchev–Trinajstić information content (AvgIpc) is 1.98. The lowest BCUT2D eigenvalue weighted by molar-refractivity contribution is 0.290. The van der Waals surface area contributed by atoms with Crippen LogP contribution in [0.5, 0.6) is 0 Å². The first-order chi connectivity index (χ1) is 5.02. The van der Waals surface area contributed by atoms with E-state index in [9.17, 15) is 0 Å². The van der Waals surface area contributed by atoms with Crippen LogP contribution in [0.25, 0.3) is 0 Å². The van der Waals surface area contributed by atoms with Gasteiger partial charge in [0, 0.05) is 10.7 Å². The van der Waals surface area contributed by atoms with Gasteiger partial charge in [0.25, 0.3) is 0 Å². The van der Waals surface area contributed by atoms with Crippen LogP contribution >= 0.6 is 11.8 Å². The topological polar surface area (TPSA) is 36.2 Å². The first-order valence-corrected chi connectivity index (χ1v) is 4.94. The van der Waals surface area contributed by atoms with Crippen LogP contribution in [0, 0.1) is 17.4 Å². The molecule has 1 aliphatic heterocycles. The fourth-order valence-electron chi connectivity index (χ4n) is 1.48. The van der Waals surface area contributed by atoms with Gasteiger partial charge in [-0.25, -0.2) is 5.53 Å². The average molecular weight is 172 g/mol. The van der Waals surface area contributed by atoms with E-state index in [4.69, 9.17) is 5.53 Å². The van der Waals surface area contributed by atoms with Crippen molar-refractivity contribution in [2.45, 2.75) is 37.8 Å². The van der Waals surface area contributed by atoms with Crippen LogP contribution in [0.1, 0.15) is 27.7 Å². The molecule has 1 heterocycles. The van der Waals surface area contributed by atoms with E-state index in [0.717, 1.165) is 0 Å². The lowest BCUT2D eigenvalue weighted by Gasteiger charge is -2.51. The second-order valence-electron chi connectivity index (χ2n) is 3.76. The molecule has 2 unspecified atom stereocenters. The standard InChI is InChI=1S/C8H16N2S/c1-5(2)8(4)6(3)7(10-9)11-8/h5-7,9H,1-4H3/t6?,7?,8-/m1/s1. The molecule has 64 valence electrons. The SMILES string of the molecule is CC(C)[C@@]1(C)SC(N=N)C1C. The van der Waals surface area contributed by atoms with Crippen LogP contribution in [-0.2, 0) is 0 Å². The predicted octanol–water partition coefficient (Wildman–Crippen LogP) is 3.14. The Labute approximate surface area is 72.6 Å². The van der Waals surface area contributed by atoms with Gasteiger partial charge in [-0.3, -0.25) is 0 Å². The molecular formula is C8H16N2S. The second kappa shape index (κ2) is 2.77. The Morgan fingerprint density at radius 3 is 2.36 bits per heavy atom. The number of nitrogens with zero attached hydrogens (tertiary/aromatic N) is 1. The van der Waals surface area contributed by atoms with Crippen LogP contribution in [0.4, 0.5) is 0 Å². The molecule has 0 aromatic carbocycles. The highest BCUT2D eigenvalue weighted by atomic mass is 32.2. The zero-order valence-corrected chi connectivity index (χ0v) is 8.40. The van der Waals surface area contributed by atoms with Crippen molar-refractivity contribution < 1.29 is 0 Å². The molecule has 0 aromatic rings. The number of hydrogen-bond donors (Lipinski definition) is 1. The zero-order chi connectivity index (χ0) is 8.65. The minimum atomic E-state index is 0.224. The van der Waals surface area contributed by atoms with E-state index in [1.54, 1.807) is 0 Å². The fraction of sp³-hybridized carbons (Fsp3) is 1.00. The van der Waals surface area contributed by atoms with Crippen LogP contribution in [-0.4, -0.2) is 10.1 Å². The third-order valence-corrected chi connectivity index (χ3v) is 5.09. The number of hydrogen-bond acceptors (Lipinski definition) is 3. The van der Waals surface area contributed by atoms with Gasteiger partial charge in [0.2, 0.25) is 0 Å². The van der Waals surface area contributed by atoms with Crippen LogP contribution in [0.2, 0.25) is 0 Å². The van der Waals surface area contributed by atoms with Gasteiger partial charge in [-0.2, -0.15) is 5.11 Å². The minimum Gasteiger partial charge on any atom is -0.209 e. The van der Waals surface area contributed by atoms with Crippen molar-refractivity contribution in [3.8, 4) is 0 Å². The van der Waals surface area contributed by atoms with E-state index in [1.807, 2.05) is 11.8 Å². The Hall–Kier alpha value is -0.0500. The Morgan fingerprint density at radius 2 is 2.09 bits per heavy atom. The summed E-state index contributed by atoms with van der Waals surface area (Å²) in [5.74, 6) is 1.24. The summed E-state index contributed by atoms with van der Waals surface area (Å²) in [4.78, 5) is 0. The summed E-state index contributed by atoms with van der Waals surface area (Å²) in [7, 11) is 0. The Kier molecular flexibility index (Phi) is 2.28. The maximum Gasteiger partial charge on any atom is 0.120 e. The molecule has 11 heavy (non-hydrogen) atoms. The zero-order valence-electron chi connectivity index (χ0n) is 7.59. The molecule has 1 aliphatic rings. The fourth-order valence-corrected chi connectivity index (χ4v) is 2.93. The van der Waals surface area contributed by atoms with Crippen molar-refractivity contribution in [2.75, 3.05) is 0 Å². The Morgan fingerprint density at radius 1 is 1.55 bits per heavy atom. The van der Waals surface area contributed by atoms with Gasteiger partial charge in [0.1, 0.15) is 5.37 Å². The van der Waals surface area contributed by atoms with E-state index < -0.39 is 0 Å². The van der Waals surface area contributed by atoms with Gasteiger partial charge >= 0.3 is 0 Å². The monoisotopic (exact) mass is 172 g/mol. The first-order valence-electron chi connectivity index (χ1n) is 4.06. The van der Waals surface area contributed by atoms with E-state index in [2.05, 4.69) is 32.8 Å². The molecule has 2 nitrogen and oxygen atoms in total. The highest BCUT2D eigenvalue weighted by Gasteiger charge is 2.50. The summed E-state index contributed by atoms with van der Waals surface area (Å²) >= 11 is 1.84. The molecule has 1 saturated heterocycles. The van der Waals surface area contributed by atoms with Gasteiger partial charge in [0.15, 0.2) is 0 Å². The van der Waals surface area contributed by atoms with Crippen molar-refractivity contribution in [3.63, 3.8) is 0 Å². The van der Waals surface area contributed by atoms with Crippen molar-refractivity contribution in [3.05, 3.63) is 0 Å². The smallest absolute Gasteiger partial charge is 0.120 e. The largest absolute Gasteiger partial charge is 0.209 e. The molecule has 1 fully saturated rings. The van der Waals surface area contributed by atoms with Crippen LogP contribution < -0.4 is 0 Å². The van der Waals surface area contributed by atoms with Crippen molar-refractivity contribution in [2.24, 2.45) is 17.0 Å². The van der Waals surface area contributed by atoms with Crippen LogP contribution in [0.15, 0.2) is 5.11 Å². The summed E-state index contributed by atoms with van der Waals surface area (Å²) in [6.07, 6.45) is 0. The molecule has 3 atom stereocenters. The number of rotatable bonds is 2. The maximum atomic E-state index is 6.91. The number of nitrogens with one attached hydrogen (secondary N) is 1. The summed E-state index contributed by atoms with van der Waals surface area (Å²) in [6, 6.07) is 0. The van der Waals surface area contributed by atoms with Crippen LogP contribution in [0.3, 0.4) is 0 Å². The minimum absolute atomic E-state index is 0.224. The van der Waals surface area contributed by atoms with Crippen molar-refractivity contribution in [1.29, 1.82) is 5.53 Å². The molecule has 1 rings (SSSR count). The molecule has 0 saturated carbocycles. The highest BCUT2D eigenvalue weighted by molar-refractivity contribution is 8.02. The highest BCUT2D eigenvalue weighted by Crippen LogP contribution is 2.55. The molecular weight excluding hydrogens is 156 g/mol. The van der Waals surface area contributed by atoms with Gasteiger partial charge in [-0.15, -0.1) is 11.8 Å². The molecule has 3 heteroatoms. The first kappa shape index (κ1) is 9.04. The molecule has 0 spiro atoms. The molecule has 0 aliphatic carbocycles. The number of thioether (sulfide) groups is 1. The predicted molar refractivity (Wildman–Crippen MR) is 48.9 cm³/mol. The van der Waals surface area contributed by atoms with Gasteiger partial charge in [-0.05, 0) is 12.8 Å². The third-order valence-electron chi connectivity index (χ3n) is 2.98. The molecule has 0 bridgehead atoms. The maximum absolute atomic E-state index is 6.91. The summed E-state index contributed by atoms with van der Waals surface area (Å²) < 4.78 is 0.356. The van der Waals surface area contributed by atoms with E-state index >= 15 is 0 Å². The van der Waals surface area contributed by atoms with Gasteiger partial charge in [0.05, 0.1) is 0 Å². The summed E-state index contributed by atoms with van der Waals surface area (Å²) in [6.45, 7) is 8.95. The van der Waals surface area contributed by atoms with Crippen molar-refractivity contribution in [1.82, 2.24) is 0 Å². The quantitative estimate of drug-likeness (QED) is 0.638. The van der Waals surface area contributed by atoms with E-state index in [-0.39, 0.29) is 5.37 Å². The van der Waals surface area contributed by atoms with Gasteiger partial charge < -0.3 is 0 Å². The molecule has 1 N–H and O–H groups in total.